The average molecular weight is 591 g/mol. The van der Waals surface area contributed by atoms with E-state index in [4.69, 9.17) is 23.2 Å². The topological polar surface area (TPSA) is 86.8 Å². The van der Waals surface area contributed by atoms with Crippen molar-refractivity contribution in [3.05, 3.63) is 94.5 Å². The Morgan fingerprint density at radius 1 is 0.897 bits per heavy atom. The second-order valence-corrected chi connectivity index (χ2v) is 11.7. The maximum absolute atomic E-state index is 14.0. The average Bonchev–Trinajstić information content (AvgIpc) is 2.94. The van der Waals surface area contributed by atoms with Crippen molar-refractivity contribution in [3.63, 3.8) is 0 Å². The molecule has 0 heterocycles. The number of amides is 2. The lowest BCUT2D eigenvalue weighted by Gasteiger charge is -2.33. The minimum Gasteiger partial charge on any atom is -0.354 e. The molecule has 0 spiro atoms. The smallest absolute Gasteiger partial charge is 0.264 e. The Morgan fingerprint density at radius 2 is 1.54 bits per heavy atom. The summed E-state index contributed by atoms with van der Waals surface area (Å²) in [5.41, 5.74) is 0.999. The Hall–Kier alpha value is -3.07. The van der Waals surface area contributed by atoms with Crippen LogP contribution in [0.5, 0.6) is 0 Å². The zero-order chi connectivity index (χ0) is 28.4. The molecule has 3 aromatic rings. The van der Waals surface area contributed by atoms with Gasteiger partial charge in [0, 0.05) is 13.1 Å². The summed E-state index contributed by atoms with van der Waals surface area (Å²) in [6.07, 6.45) is 2.09. The third kappa shape index (κ3) is 7.97. The fourth-order valence-electron chi connectivity index (χ4n) is 4.09. The number of hydrogen-bond acceptors (Lipinski definition) is 4. The number of benzene rings is 3. The predicted molar refractivity (Wildman–Crippen MR) is 156 cm³/mol. The molecule has 0 aromatic heterocycles. The normalized spacial score (nSPS) is 12.0. The Labute approximate surface area is 240 Å². The number of carbonyl (C=O) groups is 2. The van der Waals surface area contributed by atoms with Crippen LogP contribution in [0.3, 0.4) is 0 Å². The molecule has 1 unspecified atom stereocenters. The first-order valence-electron chi connectivity index (χ1n) is 12.8. The van der Waals surface area contributed by atoms with E-state index in [1.165, 1.54) is 35.2 Å². The van der Waals surface area contributed by atoms with Gasteiger partial charge in [0.05, 0.1) is 20.6 Å². The third-order valence-electron chi connectivity index (χ3n) is 6.21. The van der Waals surface area contributed by atoms with Gasteiger partial charge in [-0.3, -0.25) is 13.9 Å². The van der Waals surface area contributed by atoms with Gasteiger partial charge in [-0.1, -0.05) is 92.0 Å². The lowest BCUT2D eigenvalue weighted by Crippen LogP contribution is -2.52. The molecular weight excluding hydrogens is 557 g/mol. The summed E-state index contributed by atoms with van der Waals surface area (Å²) < 4.78 is 28.6. The van der Waals surface area contributed by atoms with Crippen LogP contribution in [-0.4, -0.2) is 44.3 Å². The fourth-order valence-corrected chi connectivity index (χ4v) is 5.81. The molecule has 1 atom stereocenters. The van der Waals surface area contributed by atoms with Gasteiger partial charge in [-0.05, 0) is 48.7 Å². The number of rotatable bonds is 13. The SMILES string of the molecule is CCCCNC(=O)C(CC)N(Cc1ccccc1)C(=O)CN(c1ccc(Cl)c(Cl)c1)S(=O)(=O)c1ccccc1. The van der Waals surface area contributed by atoms with Crippen LogP contribution in [0.2, 0.25) is 10.0 Å². The molecule has 0 aliphatic heterocycles. The Kier molecular flexibility index (Phi) is 11.2. The minimum atomic E-state index is -4.17. The van der Waals surface area contributed by atoms with E-state index in [0.29, 0.717) is 13.0 Å². The summed E-state index contributed by atoms with van der Waals surface area (Å²) in [6, 6.07) is 20.7. The molecule has 3 rings (SSSR count). The highest BCUT2D eigenvalue weighted by molar-refractivity contribution is 7.92. The van der Waals surface area contributed by atoms with Crippen molar-refractivity contribution >= 4 is 50.7 Å². The zero-order valence-corrected chi connectivity index (χ0v) is 24.3. The number of hydrogen-bond donors (Lipinski definition) is 1. The van der Waals surface area contributed by atoms with E-state index in [0.717, 1.165) is 22.7 Å². The lowest BCUT2D eigenvalue weighted by molar-refractivity contribution is -0.140. The van der Waals surface area contributed by atoms with Crippen molar-refractivity contribution < 1.29 is 18.0 Å². The predicted octanol–water partition coefficient (Wildman–Crippen LogP) is 5.91. The van der Waals surface area contributed by atoms with E-state index < -0.39 is 28.5 Å². The highest BCUT2D eigenvalue weighted by Crippen LogP contribution is 2.31. The third-order valence-corrected chi connectivity index (χ3v) is 8.74. The van der Waals surface area contributed by atoms with Gasteiger partial charge < -0.3 is 10.2 Å². The Bertz CT molecular complexity index is 1360. The summed E-state index contributed by atoms with van der Waals surface area (Å²) >= 11 is 12.3. The van der Waals surface area contributed by atoms with Crippen LogP contribution in [0, 0.1) is 0 Å². The molecule has 10 heteroatoms. The van der Waals surface area contributed by atoms with E-state index in [1.54, 1.807) is 18.2 Å². The van der Waals surface area contributed by atoms with Crippen molar-refractivity contribution in [1.29, 1.82) is 0 Å². The number of anilines is 1. The van der Waals surface area contributed by atoms with Crippen molar-refractivity contribution in [1.82, 2.24) is 10.2 Å². The molecule has 0 radical (unpaired) electrons. The number of nitrogens with one attached hydrogen (secondary N) is 1. The van der Waals surface area contributed by atoms with Gasteiger partial charge in [0.25, 0.3) is 10.0 Å². The van der Waals surface area contributed by atoms with E-state index in [2.05, 4.69) is 5.32 Å². The molecule has 0 bridgehead atoms. The van der Waals surface area contributed by atoms with E-state index >= 15 is 0 Å². The monoisotopic (exact) mass is 589 g/mol. The maximum atomic E-state index is 14.0. The standard InChI is InChI=1S/C29H33Cl2N3O4S/c1-3-5-18-32-29(36)27(4-2)33(20-22-12-8-6-9-13-22)28(35)21-34(23-16-17-25(30)26(31)19-23)39(37,38)24-14-10-7-11-15-24/h6-17,19,27H,3-5,18,20-21H2,1-2H3,(H,32,36). The molecule has 7 nitrogen and oxygen atoms in total. The fraction of sp³-hybridized carbons (Fsp3) is 0.310. The van der Waals surface area contributed by atoms with Crippen molar-refractivity contribution in [2.45, 2.75) is 50.6 Å². The summed E-state index contributed by atoms with van der Waals surface area (Å²) in [5.74, 6) is -0.802. The van der Waals surface area contributed by atoms with Crippen LogP contribution in [0.4, 0.5) is 5.69 Å². The zero-order valence-electron chi connectivity index (χ0n) is 22.0. The van der Waals surface area contributed by atoms with E-state index in [1.807, 2.05) is 44.2 Å². The molecule has 0 saturated heterocycles. The largest absolute Gasteiger partial charge is 0.354 e. The summed E-state index contributed by atoms with van der Waals surface area (Å²) in [7, 11) is -4.17. The van der Waals surface area contributed by atoms with Gasteiger partial charge in [0.1, 0.15) is 12.6 Å². The van der Waals surface area contributed by atoms with Gasteiger partial charge >= 0.3 is 0 Å². The number of carbonyl (C=O) groups excluding carboxylic acids is 2. The van der Waals surface area contributed by atoms with E-state index in [9.17, 15) is 18.0 Å². The number of sulfonamides is 1. The summed E-state index contributed by atoms with van der Waals surface area (Å²) in [4.78, 5) is 28.6. The van der Waals surface area contributed by atoms with Gasteiger partial charge in [-0.15, -0.1) is 0 Å². The van der Waals surface area contributed by atoms with Gasteiger partial charge in [0.15, 0.2) is 0 Å². The summed E-state index contributed by atoms with van der Waals surface area (Å²) in [5, 5.41) is 3.32. The maximum Gasteiger partial charge on any atom is 0.264 e. The first kappa shape index (κ1) is 30.5. The van der Waals surface area contributed by atoms with Crippen LogP contribution >= 0.6 is 23.2 Å². The van der Waals surface area contributed by atoms with Crippen molar-refractivity contribution in [3.8, 4) is 0 Å². The van der Waals surface area contributed by atoms with Crippen molar-refractivity contribution in [2.24, 2.45) is 0 Å². The van der Waals surface area contributed by atoms with Gasteiger partial charge in [0.2, 0.25) is 11.8 Å². The number of unbranched alkanes of at least 4 members (excludes halogenated alkanes) is 1. The van der Waals surface area contributed by atoms with Gasteiger partial charge in [-0.2, -0.15) is 0 Å². The molecule has 0 saturated carbocycles. The quantitative estimate of drug-likeness (QED) is 0.251. The molecule has 3 aromatic carbocycles. The van der Waals surface area contributed by atoms with Crippen LogP contribution in [0.15, 0.2) is 83.8 Å². The van der Waals surface area contributed by atoms with Crippen LogP contribution in [0.1, 0.15) is 38.7 Å². The second-order valence-electron chi connectivity index (χ2n) is 9.00. The number of halogens is 2. The molecule has 0 fully saturated rings. The molecule has 208 valence electrons. The Morgan fingerprint density at radius 3 is 2.13 bits per heavy atom. The lowest BCUT2D eigenvalue weighted by atomic mass is 10.1. The molecule has 0 aliphatic rings. The van der Waals surface area contributed by atoms with Crippen LogP contribution in [-0.2, 0) is 26.2 Å². The first-order chi connectivity index (χ1) is 18.7. The highest BCUT2D eigenvalue weighted by Gasteiger charge is 2.33. The number of nitrogens with zero attached hydrogens (tertiary/aromatic N) is 2. The highest BCUT2D eigenvalue weighted by atomic mass is 35.5. The van der Waals surface area contributed by atoms with Crippen LogP contribution in [0.25, 0.3) is 0 Å². The molecule has 39 heavy (non-hydrogen) atoms. The van der Waals surface area contributed by atoms with Crippen molar-refractivity contribution in [2.75, 3.05) is 17.4 Å². The summed E-state index contributed by atoms with van der Waals surface area (Å²) in [6.45, 7) is 3.95. The second kappa shape index (κ2) is 14.4. The first-order valence-corrected chi connectivity index (χ1v) is 15.0. The van der Waals surface area contributed by atoms with Gasteiger partial charge in [-0.25, -0.2) is 8.42 Å². The minimum absolute atomic E-state index is 0.0165. The Balaban J connectivity index is 2.03. The molecular formula is C29H33Cl2N3O4S. The molecule has 1 N–H and O–H groups in total. The van der Waals surface area contributed by atoms with E-state index in [-0.39, 0.29) is 33.1 Å². The molecule has 0 aliphatic carbocycles. The molecule has 2 amide bonds. The van der Waals surface area contributed by atoms with Crippen LogP contribution < -0.4 is 9.62 Å².